The highest BCUT2D eigenvalue weighted by atomic mass is 16.7. The Hall–Kier alpha value is -3.73. The van der Waals surface area contributed by atoms with E-state index in [2.05, 4.69) is 16.8 Å². The van der Waals surface area contributed by atoms with Crippen molar-refractivity contribution in [2.24, 2.45) is 0 Å². The maximum atomic E-state index is 12.3. The number of unbranched alkanes of at least 4 members (excludes halogenated alkanes) is 1. The number of anilines is 1. The van der Waals surface area contributed by atoms with Crippen LogP contribution >= 0.6 is 0 Å². The number of nitrogens with one attached hydrogen (secondary N) is 1. The van der Waals surface area contributed by atoms with Gasteiger partial charge in [-0.15, -0.1) is 0 Å². The quantitative estimate of drug-likeness (QED) is 0.394. The van der Waals surface area contributed by atoms with Crippen LogP contribution in [0.25, 0.3) is 6.08 Å². The zero-order valence-corrected chi connectivity index (χ0v) is 17.9. The summed E-state index contributed by atoms with van der Waals surface area (Å²) in [5.74, 6) is -0.243. The highest BCUT2D eigenvalue weighted by molar-refractivity contribution is 6.00. The van der Waals surface area contributed by atoms with Crippen LogP contribution in [0.5, 0.6) is 11.5 Å². The number of nitrogens with zero attached hydrogens (tertiary/aromatic N) is 2. The van der Waals surface area contributed by atoms with Crippen molar-refractivity contribution in [1.82, 2.24) is 4.57 Å². The van der Waals surface area contributed by atoms with E-state index in [4.69, 9.17) is 14.2 Å². The minimum Gasteiger partial charge on any atom is -0.454 e. The van der Waals surface area contributed by atoms with Crippen molar-refractivity contribution in [3.8, 4) is 17.6 Å². The lowest BCUT2D eigenvalue weighted by molar-refractivity contribution is -0.142. The molecule has 0 radical (unpaired) electrons. The van der Waals surface area contributed by atoms with Crippen molar-refractivity contribution in [1.29, 1.82) is 5.26 Å². The van der Waals surface area contributed by atoms with E-state index < -0.39 is 18.5 Å². The number of fused-ring (bicyclic) bond motifs is 1. The summed E-state index contributed by atoms with van der Waals surface area (Å²) in [6.45, 7) is 6.57. The molecule has 0 saturated carbocycles. The van der Waals surface area contributed by atoms with E-state index in [9.17, 15) is 14.9 Å². The molecule has 8 heteroatoms. The summed E-state index contributed by atoms with van der Waals surface area (Å²) in [5, 5.41) is 12.0. The molecular formula is C23H25N3O5. The molecule has 0 unspecified atom stereocenters. The lowest BCUT2D eigenvalue weighted by Gasteiger charge is -2.08. The van der Waals surface area contributed by atoms with Crippen molar-refractivity contribution < 1.29 is 23.8 Å². The van der Waals surface area contributed by atoms with Crippen LogP contribution in [0.4, 0.5) is 5.69 Å². The number of aryl methyl sites for hydroxylation is 1. The van der Waals surface area contributed by atoms with Gasteiger partial charge >= 0.3 is 5.97 Å². The highest BCUT2D eigenvalue weighted by Crippen LogP contribution is 2.34. The lowest BCUT2D eigenvalue weighted by atomic mass is 10.1. The van der Waals surface area contributed by atoms with E-state index in [0.717, 1.165) is 36.3 Å². The van der Waals surface area contributed by atoms with Crippen molar-refractivity contribution in [2.45, 2.75) is 40.2 Å². The van der Waals surface area contributed by atoms with Gasteiger partial charge in [-0.05, 0) is 50.1 Å². The molecule has 1 aromatic carbocycles. The number of carbonyl (C=O) groups is 2. The predicted octanol–water partition coefficient (Wildman–Crippen LogP) is 3.72. The Morgan fingerprint density at radius 2 is 2.03 bits per heavy atom. The standard InChI is InChI=1S/C23H25N3O5/c1-4-5-8-26-15(2)9-17(16(26)3)10-18(12-24)23(28)29-13-22(27)25-19-6-7-20-21(11-19)31-14-30-20/h6-7,9-11H,4-5,8,13-14H2,1-3H3,(H,25,27)/b18-10+. The summed E-state index contributed by atoms with van der Waals surface area (Å²) in [5.41, 5.74) is 3.15. The molecule has 162 valence electrons. The number of rotatable bonds is 8. The summed E-state index contributed by atoms with van der Waals surface area (Å²) in [7, 11) is 0. The van der Waals surface area contributed by atoms with E-state index in [1.807, 2.05) is 26.0 Å². The fourth-order valence-electron chi connectivity index (χ4n) is 3.31. The third kappa shape index (κ3) is 5.25. The maximum absolute atomic E-state index is 12.3. The van der Waals surface area contributed by atoms with Gasteiger partial charge in [-0.25, -0.2) is 4.79 Å². The van der Waals surface area contributed by atoms with E-state index in [1.54, 1.807) is 18.2 Å². The van der Waals surface area contributed by atoms with Gasteiger partial charge in [-0.2, -0.15) is 5.26 Å². The first kappa shape index (κ1) is 22.0. The molecule has 1 amide bonds. The van der Waals surface area contributed by atoms with Gasteiger partial charge in [0.05, 0.1) is 0 Å². The molecule has 2 heterocycles. The summed E-state index contributed by atoms with van der Waals surface area (Å²) < 4.78 is 17.7. The molecule has 0 saturated heterocycles. The number of amides is 1. The molecule has 1 aliphatic heterocycles. The molecule has 0 aliphatic carbocycles. The Kier molecular flexibility index (Phi) is 6.98. The second kappa shape index (κ2) is 9.85. The van der Waals surface area contributed by atoms with Crippen LogP contribution in [0.1, 0.15) is 36.7 Å². The molecule has 1 aromatic heterocycles. The third-order valence-corrected chi connectivity index (χ3v) is 4.98. The Bertz CT molecular complexity index is 1060. The molecule has 8 nitrogen and oxygen atoms in total. The molecule has 0 fully saturated rings. The van der Waals surface area contributed by atoms with E-state index in [0.29, 0.717) is 17.2 Å². The van der Waals surface area contributed by atoms with Crippen molar-refractivity contribution in [3.63, 3.8) is 0 Å². The van der Waals surface area contributed by atoms with Crippen LogP contribution in [-0.2, 0) is 20.9 Å². The second-order valence-electron chi connectivity index (χ2n) is 7.19. The summed E-state index contributed by atoms with van der Waals surface area (Å²) in [4.78, 5) is 24.5. The molecule has 31 heavy (non-hydrogen) atoms. The Balaban J connectivity index is 1.61. The van der Waals surface area contributed by atoms with Crippen LogP contribution in [0.3, 0.4) is 0 Å². The first-order valence-corrected chi connectivity index (χ1v) is 10.1. The van der Waals surface area contributed by atoms with Gasteiger partial charge in [-0.3, -0.25) is 4.79 Å². The van der Waals surface area contributed by atoms with E-state index >= 15 is 0 Å². The fraction of sp³-hybridized carbons (Fsp3) is 0.348. The average Bonchev–Trinajstić information content (AvgIpc) is 3.32. The van der Waals surface area contributed by atoms with E-state index in [-0.39, 0.29) is 12.4 Å². The van der Waals surface area contributed by atoms with Gasteiger partial charge in [0.2, 0.25) is 6.79 Å². The first-order valence-electron chi connectivity index (χ1n) is 10.1. The Morgan fingerprint density at radius 3 is 2.77 bits per heavy atom. The van der Waals surface area contributed by atoms with Crippen molar-refractivity contribution in [2.75, 3.05) is 18.7 Å². The zero-order valence-electron chi connectivity index (χ0n) is 17.9. The number of ether oxygens (including phenoxy) is 3. The van der Waals surface area contributed by atoms with Crippen LogP contribution < -0.4 is 14.8 Å². The Morgan fingerprint density at radius 1 is 1.26 bits per heavy atom. The van der Waals surface area contributed by atoms with Crippen molar-refractivity contribution >= 4 is 23.6 Å². The van der Waals surface area contributed by atoms with Gasteiger partial charge in [0.1, 0.15) is 11.6 Å². The average molecular weight is 423 g/mol. The molecule has 0 spiro atoms. The smallest absolute Gasteiger partial charge is 0.349 e. The number of aromatic nitrogens is 1. The molecule has 2 aromatic rings. The fourth-order valence-corrected chi connectivity index (χ4v) is 3.31. The van der Waals surface area contributed by atoms with Crippen LogP contribution in [0.15, 0.2) is 29.8 Å². The highest BCUT2D eigenvalue weighted by Gasteiger charge is 2.17. The predicted molar refractivity (Wildman–Crippen MR) is 115 cm³/mol. The number of hydrogen-bond acceptors (Lipinski definition) is 6. The Labute approximate surface area is 181 Å². The lowest BCUT2D eigenvalue weighted by Crippen LogP contribution is -2.21. The monoisotopic (exact) mass is 423 g/mol. The van der Waals surface area contributed by atoms with E-state index in [1.165, 1.54) is 6.08 Å². The summed E-state index contributed by atoms with van der Waals surface area (Å²) in [6.07, 6.45) is 3.63. The SMILES string of the molecule is CCCCn1c(C)cc(/C=C(\C#N)C(=O)OCC(=O)Nc2ccc3c(c2)OCO3)c1C. The minimum atomic E-state index is -0.846. The van der Waals surface area contributed by atoms with Crippen LogP contribution in [-0.4, -0.2) is 29.8 Å². The maximum Gasteiger partial charge on any atom is 0.349 e. The topological polar surface area (TPSA) is 103 Å². The number of hydrogen-bond donors (Lipinski definition) is 1. The number of esters is 1. The summed E-state index contributed by atoms with van der Waals surface area (Å²) in [6, 6.07) is 8.75. The molecule has 3 rings (SSSR count). The minimum absolute atomic E-state index is 0.134. The molecule has 0 bridgehead atoms. The molecule has 1 N–H and O–H groups in total. The van der Waals surface area contributed by atoms with Crippen LogP contribution in [0.2, 0.25) is 0 Å². The van der Waals surface area contributed by atoms with Gasteiger partial charge in [0, 0.05) is 29.7 Å². The molecule has 1 aliphatic rings. The largest absolute Gasteiger partial charge is 0.454 e. The first-order chi connectivity index (χ1) is 14.9. The van der Waals surface area contributed by atoms with Gasteiger partial charge in [0.25, 0.3) is 5.91 Å². The number of nitriles is 1. The number of benzene rings is 1. The number of carbonyl (C=O) groups excluding carboxylic acids is 2. The van der Waals surface area contributed by atoms with Crippen LogP contribution in [0, 0.1) is 25.2 Å². The van der Waals surface area contributed by atoms with Crippen molar-refractivity contribution in [3.05, 3.63) is 46.8 Å². The third-order valence-electron chi connectivity index (χ3n) is 4.98. The normalized spacial score (nSPS) is 12.4. The second-order valence-corrected chi connectivity index (χ2v) is 7.19. The zero-order chi connectivity index (χ0) is 22.4. The summed E-state index contributed by atoms with van der Waals surface area (Å²) >= 11 is 0. The van der Waals surface area contributed by atoms with Gasteiger partial charge in [-0.1, -0.05) is 13.3 Å². The van der Waals surface area contributed by atoms with Gasteiger partial charge in [0.15, 0.2) is 18.1 Å². The molecule has 0 atom stereocenters. The molecular weight excluding hydrogens is 398 g/mol. The van der Waals surface area contributed by atoms with Gasteiger partial charge < -0.3 is 24.1 Å².